The Kier molecular flexibility index (Phi) is 7.44. The van der Waals surface area contributed by atoms with Gasteiger partial charge in [0.2, 0.25) is 11.8 Å². The van der Waals surface area contributed by atoms with Gasteiger partial charge < -0.3 is 16.0 Å². The summed E-state index contributed by atoms with van der Waals surface area (Å²) in [4.78, 5) is 28.4. The van der Waals surface area contributed by atoms with Crippen LogP contribution in [-0.2, 0) is 16.0 Å². The minimum atomic E-state index is -0.435. The molecule has 5 nitrogen and oxygen atoms in total. The number of likely N-dealkylation sites (tertiary alicyclic amines) is 1. The first-order chi connectivity index (χ1) is 12.1. The van der Waals surface area contributed by atoms with E-state index in [0.29, 0.717) is 26.2 Å². The molecule has 2 amide bonds. The van der Waals surface area contributed by atoms with Crippen LogP contribution in [-0.4, -0.2) is 42.9 Å². The van der Waals surface area contributed by atoms with Crippen molar-refractivity contribution in [1.29, 1.82) is 0 Å². The van der Waals surface area contributed by atoms with Gasteiger partial charge >= 0.3 is 0 Å². The zero-order valence-electron chi connectivity index (χ0n) is 15.4. The lowest BCUT2D eigenvalue weighted by Gasteiger charge is -2.38. The van der Waals surface area contributed by atoms with Crippen molar-refractivity contribution in [2.24, 2.45) is 17.1 Å². The Balaban J connectivity index is 1.78. The number of carbonyl (C=O) groups excluding carboxylic acids is 2. The molecular weight excluding hydrogens is 334 g/mol. The van der Waals surface area contributed by atoms with Crippen LogP contribution in [0, 0.1) is 11.3 Å². The van der Waals surface area contributed by atoms with E-state index in [1.165, 1.54) is 4.88 Å². The molecule has 140 valence electrons. The second kappa shape index (κ2) is 9.34. The fourth-order valence-corrected chi connectivity index (χ4v) is 4.23. The summed E-state index contributed by atoms with van der Waals surface area (Å²) in [6, 6.07) is 4.12. The number of nitrogens with two attached hydrogens (primary N) is 1. The van der Waals surface area contributed by atoms with Gasteiger partial charge in [-0.25, -0.2) is 0 Å². The minimum absolute atomic E-state index is 0.0166. The number of thiophene rings is 1. The van der Waals surface area contributed by atoms with Crippen LogP contribution in [0.25, 0.3) is 0 Å². The van der Waals surface area contributed by atoms with Gasteiger partial charge in [-0.15, -0.1) is 11.3 Å². The van der Waals surface area contributed by atoms with E-state index >= 15 is 0 Å². The first kappa shape index (κ1) is 19.9. The highest BCUT2D eigenvalue weighted by molar-refractivity contribution is 7.09. The van der Waals surface area contributed by atoms with Crippen molar-refractivity contribution in [3.8, 4) is 0 Å². The number of hydrogen-bond donors (Lipinski definition) is 2. The van der Waals surface area contributed by atoms with Gasteiger partial charge in [0.05, 0.1) is 5.41 Å². The molecule has 0 aliphatic carbocycles. The quantitative estimate of drug-likeness (QED) is 0.743. The number of rotatable bonds is 8. The molecule has 2 rings (SSSR count). The maximum atomic E-state index is 12.8. The number of piperidine rings is 1. The molecule has 1 saturated heterocycles. The highest BCUT2D eigenvalue weighted by atomic mass is 32.1. The number of carbonyl (C=O) groups is 2. The molecule has 1 aliphatic rings. The maximum Gasteiger partial charge on any atom is 0.230 e. The molecule has 1 aromatic heterocycles. The molecule has 3 N–H and O–H groups in total. The van der Waals surface area contributed by atoms with Gasteiger partial charge in [-0.3, -0.25) is 9.59 Å². The van der Waals surface area contributed by atoms with Crippen LogP contribution in [0.2, 0.25) is 0 Å². The fourth-order valence-electron chi connectivity index (χ4n) is 3.52. The van der Waals surface area contributed by atoms with Crippen molar-refractivity contribution in [3.05, 3.63) is 22.4 Å². The predicted octanol–water partition coefficient (Wildman–Crippen LogP) is 2.41. The van der Waals surface area contributed by atoms with Crippen molar-refractivity contribution >= 4 is 23.2 Å². The van der Waals surface area contributed by atoms with E-state index in [1.807, 2.05) is 24.8 Å². The molecule has 0 radical (unpaired) electrons. The van der Waals surface area contributed by atoms with Gasteiger partial charge in [-0.2, -0.15) is 0 Å². The summed E-state index contributed by atoms with van der Waals surface area (Å²) >= 11 is 1.72. The van der Waals surface area contributed by atoms with Crippen LogP contribution < -0.4 is 11.1 Å². The first-order valence-electron chi connectivity index (χ1n) is 9.35. The summed E-state index contributed by atoms with van der Waals surface area (Å²) in [5.41, 5.74) is 5.46. The summed E-state index contributed by atoms with van der Waals surface area (Å²) in [7, 11) is 0. The zero-order chi connectivity index (χ0) is 18.3. The van der Waals surface area contributed by atoms with E-state index in [0.717, 1.165) is 32.1 Å². The summed E-state index contributed by atoms with van der Waals surface area (Å²) < 4.78 is 0. The average molecular weight is 366 g/mol. The molecule has 1 aliphatic heterocycles. The Bertz CT molecular complexity index is 539. The second-order valence-corrected chi connectivity index (χ2v) is 7.91. The van der Waals surface area contributed by atoms with Gasteiger partial charge in [0.25, 0.3) is 0 Å². The van der Waals surface area contributed by atoms with Crippen LogP contribution in [0.1, 0.15) is 44.4 Å². The standard InChI is InChI=1S/C19H31N3O2S/c1-3-19(4-2,14-20)18(24)22-11-8-15(9-12-22)17(23)21-10-7-16-6-5-13-25-16/h5-6,13,15H,3-4,7-12,14,20H2,1-2H3,(H,21,23). The summed E-state index contributed by atoms with van der Waals surface area (Å²) in [5.74, 6) is 0.305. The largest absolute Gasteiger partial charge is 0.355 e. The highest BCUT2D eigenvalue weighted by Crippen LogP contribution is 2.30. The van der Waals surface area contributed by atoms with Gasteiger partial charge in [0, 0.05) is 37.0 Å². The highest BCUT2D eigenvalue weighted by Gasteiger charge is 2.38. The third kappa shape index (κ3) is 4.82. The van der Waals surface area contributed by atoms with E-state index in [9.17, 15) is 9.59 Å². The lowest BCUT2D eigenvalue weighted by atomic mass is 9.80. The van der Waals surface area contributed by atoms with Crippen molar-refractivity contribution in [2.45, 2.75) is 46.0 Å². The van der Waals surface area contributed by atoms with Crippen molar-refractivity contribution in [1.82, 2.24) is 10.2 Å². The van der Waals surface area contributed by atoms with Gasteiger partial charge in [0.15, 0.2) is 0 Å². The third-order valence-electron chi connectivity index (χ3n) is 5.60. The molecular formula is C19H31N3O2S. The van der Waals surface area contributed by atoms with Crippen LogP contribution in [0.5, 0.6) is 0 Å². The van der Waals surface area contributed by atoms with Crippen molar-refractivity contribution in [3.63, 3.8) is 0 Å². The molecule has 25 heavy (non-hydrogen) atoms. The Morgan fingerprint density at radius 3 is 2.52 bits per heavy atom. The molecule has 0 bridgehead atoms. The molecule has 6 heteroatoms. The molecule has 1 aromatic rings. The number of nitrogens with one attached hydrogen (secondary N) is 1. The fraction of sp³-hybridized carbons (Fsp3) is 0.684. The molecule has 0 atom stereocenters. The lowest BCUT2D eigenvalue weighted by molar-refractivity contribution is -0.145. The van der Waals surface area contributed by atoms with Crippen molar-refractivity contribution < 1.29 is 9.59 Å². The number of nitrogens with zero attached hydrogens (tertiary/aromatic N) is 1. The third-order valence-corrected chi connectivity index (χ3v) is 6.54. The maximum absolute atomic E-state index is 12.8. The van der Waals surface area contributed by atoms with Crippen LogP contribution in [0.4, 0.5) is 0 Å². The Labute approximate surface area is 155 Å². The minimum Gasteiger partial charge on any atom is -0.355 e. The Hall–Kier alpha value is -1.40. The molecule has 0 saturated carbocycles. The number of amides is 2. The smallest absolute Gasteiger partial charge is 0.230 e. The van der Waals surface area contributed by atoms with E-state index in [2.05, 4.69) is 16.8 Å². The van der Waals surface area contributed by atoms with E-state index in [1.54, 1.807) is 11.3 Å². The molecule has 2 heterocycles. The molecule has 0 unspecified atom stereocenters. The Morgan fingerprint density at radius 2 is 2.00 bits per heavy atom. The lowest BCUT2D eigenvalue weighted by Crippen LogP contribution is -2.51. The van der Waals surface area contributed by atoms with Gasteiger partial charge in [0.1, 0.15) is 0 Å². The van der Waals surface area contributed by atoms with E-state index < -0.39 is 5.41 Å². The van der Waals surface area contributed by atoms with Crippen LogP contribution >= 0.6 is 11.3 Å². The number of hydrogen-bond acceptors (Lipinski definition) is 4. The summed E-state index contributed by atoms with van der Waals surface area (Å²) in [6.07, 6.45) is 3.89. The monoisotopic (exact) mass is 365 g/mol. The van der Waals surface area contributed by atoms with Crippen molar-refractivity contribution in [2.75, 3.05) is 26.2 Å². The predicted molar refractivity (Wildman–Crippen MR) is 102 cm³/mol. The summed E-state index contributed by atoms with van der Waals surface area (Å²) in [5, 5.41) is 5.10. The Morgan fingerprint density at radius 1 is 1.32 bits per heavy atom. The van der Waals surface area contributed by atoms with Gasteiger partial charge in [-0.05, 0) is 43.6 Å². The van der Waals surface area contributed by atoms with E-state index in [-0.39, 0.29) is 17.7 Å². The normalized spacial score (nSPS) is 16.0. The second-order valence-electron chi connectivity index (χ2n) is 6.88. The molecule has 1 fully saturated rings. The SMILES string of the molecule is CCC(CC)(CN)C(=O)N1CCC(C(=O)NCCc2cccs2)CC1. The summed E-state index contributed by atoms with van der Waals surface area (Å²) in [6.45, 7) is 6.44. The molecule has 0 spiro atoms. The van der Waals surface area contributed by atoms with Crippen LogP contribution in [0.15, 0.2) is 17.5 Å². The average Bonchev–Trinajstić information content (AvgIpc) is 3.17. The van der Waals surface area contributed by atoms with Gasteiger partial charge in [-0.1, -0.05) is 19.9 Å². The topological polar surface area (TPSA) is 75.4 Å². The first-order valence-corrected chi connectivity index (χ1v) is 10.2. The molecule has 0 aromatic carbocycles. The van der Waals surface area contributed by atoms with E-state index in [4.69, 9.17) is 5.73 Å². The van der Waals surface area contributed by atoms with Crippen LogP contribution in [0.3, 0.4) is 0 Å². The zero-order valence-corrected chi connectivity index (χ0v) is 16.2.